The first-order valence-electron chi connectivity index (χ1n) is 7.71. The molecule has 2 N–H and O–H groups in total. The summed E-state index contributed by atoms with van der Waals surface area (Å²) >= 11 is 1.82. The van der Waals surface area contributed by atoms with Crippen LogP contribution in [0.15, 0.2) is 36.4 Å². The molecule has 0 spiro atoms. The average Bonchev–Trinajstić information content (AvgIpc) is 2.59. The predicted molar refractivity (Wildman–Crippen MR) is 90.8 cm³/mol. The third-order valence-electron chi connectivity index (χ3n) is 4.35. The molecule has 4 rings (SSSR count). The lowest BCUT2D eigenvalue weighted by Gasteiger charge is -2.27. The smallest absolute Gasteiger partial charge is 0.336 e. The van der Waals surface area contributed by atoms with Crippen molar-refractivity contribution in [2.24, 2.45) is 0 Å². The van der Waals surface area contributed by atoms with Crippen LogP contribution in [0.3, 0.4) is 0 Å². The Hall–Kier alpha value is -1.98. The Bertz CT molecular complexity index is 769. The number of ether oxygens (including phenoxy) is 1. The highest BCUT2D eigenvalue weighted by molar-refractivity contribution is 7.99. The number of hydrogen-bond donors (Lipinski definition) is 2. The molecule has 1 unspecified atom stereocenters. The van der Waals surface area contributed by atoms with Gasteiger partial charge in [-0.3, -0.25) is 0 Å². The second-order valence-electron chi connectivity index (χ2n) is 5.76. The fourth-order valence-corrected chi connectivity index (χ4v) is 4.42. The zero-order valence-corrected chi connectivity index (χ0v) is 13.4. The highest BCUT2D eigenvalue weighted by atomic mass is 32.2. The van der Waals surface area contributed by atoms with Gasteiger partial charge in [-0.05, 0) is 23.3 Å². The molecule has 0 radical (unpaired) electrons. The summed E-state index contributed by atoms with van der Waals surface area (Å²) in [5, 5.41) is 13.3. The molecule has 0 amide bonds. The van der Waals surface area contributed by atoms with Crippen LogP contribution in [0, 0.1) is 0 Å². The van der Waals surface area contributed by atoms with Crippen LogP contribution in [0.4, 0.5) is 0 Å². The van der Waals surface area contributed by atoms with Crippen molar-refractivity contribution in [2.75, 3.05) is 18.8 Å². The third kappa shape index (κ3) is 2.60. The van der Waals surface area contributed by atoms with Crippen molar-refractivity contribution in [1.82, 2.24) is 5.32 Å². The van der Waals surface area contributed by atoms with E-state index in [0.29, 0.717) is 17.7 Å². The standard InChI is InChI=1S/C18H17NO3S/c20-18(21)17-12(16-10-19-7-8-23-16)5-6-15-13(17)9-11-3-1-2-4-14(11)22-15/h1-6,16,19H,7-10H2,(H,20,21). The van der Waals surface area contributed by atoms with Crippen LogP contribution in [0.2, 0.25) is 0 Å². The topological polar surface area (TPSA) is 58.6 Å². The minimum atomic E-state index is -0.869. The fourth-order valence-electron chi connectivity index (χ4n) is 3.26. The van der Waals surface area contributed by atoms with E-state index in [1.165, 1.54) is 0 Å². The lowest BCUT2D eigenvalue weighted by molar-refractivity contribution is 0.0694. The van der Waals surface area contributed by atoms with Crippen molar-refractivity contribution in [2.45, 2.75) is 11.7 Å². The van der Waals surface area contributed by atoms with Gasteiger partial charge in [0, 0.05) is 36.1 Å². The molecule has 118 valence electrons. The number of para-hydroxylation sites is 1. The van der Waals surface area contributed by atoms with E-state index in [9.17, 15) is 9.90 Å². The zero-order valence-electron chi connectivity index (χ0n) is 12.5. The normalized spacial score (nSPS) is 19.4. The van der Waals surface area contributed by atoms with E-state index in [-0.39, 0.29) is 5.25 Å². The molecular formula is C18H17NO3S. The number of hydrogen-bond acceptors (Lipinski definition) is 4. The molecule has 2 aromatic rings. The quantitative estimate of drug-likeness (QED) is 0.755. The molecule has 0 aromatic heterocycles. The van der Waals surface area contributed by atoms with E-state index in [2.05, 4.69) is 5.32 Å². The van der Waals surface area contributed by atoms with Gasteiger partial charge in [0.25, 0.3) is 0 Å². The first-order chi connectivity index (χ1) is 11.2. The van der Waals surface area contributed by atoms with Gasteiger partial charge in [0.05, 0.1) is 5.56 Å². The van der Waals surface area contributed by atoms with Crippen molar-refractivity contribution in [3.05, 3.63) is 58.7 Å². The maximum atomic E-state index is 12.0. The zero-order chi connectivity index (χ0) is 15.8. The van der Waals surface area contributed by atoms with Gasteiger partial charge in [-0.1, -0.05) is 24.3 Å². The van der Waals surface area contributed by atoms with Gasteiger partial charge >= 0.3 is 5.97 Å². The second-order valence-corrected chi connectivity index (χ2v) is 7.07. The minimum Gasteiger partial charge on any atom is -0.478 e. The molecule has 0 aliphatic carbocycles. The van der Waals surface area contributed by atoms with Gasteiger partial charge in [0.2, 0.25) is 0 Å². The Balaban J connectivity index is 1.81. The Morgan fingerprint density at radius 3 is 2.87 bits per heavy atom. The number of aromatic carboxylic acids is 1. The van der Waals surface area contributed by atoms with Gasteiger partial charge in [0.1, 0.15) is 11.5 Å². The Kier molecular flexibility index (Phi) is 3.75. The molecule has 2 aliphatic rings. The van der Waals surface area contributed by atoms with Crippen LogP contribution < -0.4 is 10.1 Å². The van der Waals surface area contributed by atoms with Crippen LogP contribution in [0.25, 0.3) is 0 Å². The van der Waals surface area contributed by atoms with Gasteiger partial charge in [-0.2, -0.15) is 11.8 Å². The molecule has 23 heavy (non-hydrogen) atoms. The van der Waals surface area contributed by atoms with Gasteiger partial charge < -0.3 is 15.2 Å². The molecule has 0 saturated carbocycles. The van der Waals surface area contributed by atoms with Crippen molar-refractivity contribution < 1.29 is 14.6 Å². The number of fused-ring (bicyclic) bond motifs is 2. The molecule has 2 aliphatic heterocycles. The molecule has 5 heteroatoms. The number of carbonyl (C=O) groups is 1. The van der Waals surface area contributed by atoms with Crippen LogP contribution in [-0.4, -0.2) is 29.9 Å². The van der Waals surface area contributed by atoms with Crippen molar-refractivity contribution in [3.8, 4) is 11.5 Å². The van der Waals surface area contributed by atoms with Crippen molar-refractivity contribution in [1.29, 1.82) is 0 Å². The first-order valence-corrected chi connectivity index (χ1v) is 8.76. The Labute approximate surface area is 138 Å². The summed E-state index contributed by atoms with van der Waals surface area (Å²) in [7, 11) is 0. The van der Waals surface area contributed by atoms with E-state index in [1.54, 1.807) is 0 Å². The van der Waals surface area contributed by atoms with Gasteiger partial charge in [-0.25, -0.2) is 4.79 Å². The monoisotopic (exact) mass is 327 g/mol. The maximum absolute atomic E-state index is 12.0. The lowest BCUT2D eigenvalue weighted by atomic mass is 9.91. The third-order valence-corrected chi connectivity index (χ3v) is 5.61. The summed E-state index contributed by atoms with van der Waals surface area (Å²) in [5.41, 5.74) is 3.14. The summed E-state index contributed by atoms with van der Waals surface area (Å²) in [6, 6.07) is 11.6. The molecule has 0 bridgehead atoms. The van der Waals surface area contributed by atoms with Crippen LogP contribution in [-0.2, 0) is 6.42 Å². The molecule has 1 atom stereocenters. The number of benzene rings is 2. The van der Waals surface area contributed by atoms with E-state index in [1.807, 2.05) is 48.2 Å². The van der Waals surface area contributed by atoms with Crippen molar-refractivity contribution >= 4 is 17.7 Å². The average molecular weight is 327 g/mol. The molecule has 1 saturated heterocycles. The number of carboxylic acid groups (broad SMARTS) is 1. The van der Waals surface area contributed by atoms with E-state index >= 15 is 0 Å². The van der Waals surface area contributed by atoms with E-state index in [0.717, 1.165) is 41.3 Å². The van der Waals surface area contributed by atoms with E-state index in [4.69, 9.17) is 4.74 Å². The molecule has 2 aromatic carbocycles. The summed E-state index contributed by atoms with van der Waals surface area (Å²) in [6.45, 7) is 1.78. The lowest BCUT2D eigenvalue weighted by Crippen LogP contribution is -2.29. The summed E-state index contributed by atoms with van der Waals surface area (Å²) < 4.78 is 5.92. The van der Waals surface area contributed by atoms with Crippen LogP contribution in [0.5, 0.6) is 11.5 Å². The fraction of sp³-hybridized carbons (Fsp3) is 0.278. The molecule has 2 heterocycles. The Morgan fingerprint density at radius 2 is 2.09 bits per heavy atom. The molecule has 1 fully saturated rings. The molecular weight excluding hydrogens is 310 g/mol. The predicted octanol–water partition coefficient (Wildman–Crippen LogP) is 3.46. The highest BCUT2D eigenvalue weighted by Gasteiger charge is 2.29. The number of nitrogens with one attached hydrogen (secondary N) is 1. The van der Waals surface area contributed by atoms with Gasteiger partial charge in [0.15, 0.2) is 0 Å². The second kappa shape index (κ2) is 5.91. The highest BCUT2D eigenvalue weighted by Crippen LogP contribution is 2.42. The summed E-state index contributed by atoms with van der Waals surface area (Å²) in [4.78, 5) is 12.0. The summed E-state index contributed by atoms with van der Waals surface area (Å²) in [6.07, 6.45) is 0.603. The number of rotatable bonds is 2. The number of thioether (sulfide) groups is 1. The van der Waals surface area contributed by atoms with Crippen LogP contribution >= 0.6 is 11.8 Å². The van der Waals surface area contributed by atoms with E-state index < -0.39 is 5.97 Å². The maximum Gasteiger partial charge on any atom is 0.336 e. The minimum absolute atomic E-state index is 0.178. The first kappa shape index (κ1) is 14.6. The summed E-state index contributed by atoms with van der Waals surface area (Å²) in [5.74, 6) is 1.61. The van der Waals surface area contributed by atoms with Gasteiger partial charge in [-0.15, -0.1) is 0 Å². The largest absolute Gasteiger partial charge is 0.478 e. The molecule has 4 nitrogen and oxygen atoms in total. The number of carboxylic acids is 1. The van der Waals surface area contributed by atoms with Crippen molar-refractivity contribution in [3.63, 3.8) is 0 Å². The van der Waals surface area contributed by atoms with Crippen LogP contribution in [0.1, 0.15) is 32.3 Å². The Morgan fingerprint density at radius 1 is 1.22 bits per heavy atom. The SMILES string of the molecule is O=C(O)c1c(C2CNCCS2)ccc2c1Cc1ccccc1O2.